The molecule has 0 amide bonds. The zero-order valence-corrected chi connectivity index (χ0v) is 12.5. The Balaban J connectivity index is 1.43. The molecule has 1 atom stereocenters. The SMILES string of the molecule is Cn1cc(CC(O)CC23CC4CC(CC(C4)C2)C3)cn1. The predicted molar refractivity (Wildman–Crippen MR) is 78.1 cm³/mol. The van der Waals surface area contributed by atoms with Gasteiger partial charge in [0.2, 0.25) is 0 Å². The molecule has 4 aliphatic rings. The lowest BCUT2D eigenvalue weighted by atomic mass is 9.48. The van der Waals surface area contributed by atoms with Crippen LogP contribution in [0.25, 0.3) is 0 Å². The van der Waals surface area contributed by atoms with Gasteiger partial charge in [-0.15, -0.1) is 0 Å². The number of aromatic nitrogens is 2. The van der Waals surface area contributed by atoms with Gasteiger partial charge in [0.1, 0.15) is 0 Å². The van der Waals surface area contributed by atoms with Gasteiger partial charge in [-0.25, -0.2) is 0 Å². The summed E-state index contributed by atoms with van der Waals surface area (Å²) >= 11 is 0. The number of hydrogen-bond acceptors (Lipinski definition) is 2. The van der Waals surface area contributed by atoms with Crippen molar-refractivity contribution in [2.24, 2.45) is 30.2 Å². The second-order valence-corrected chi connectivity index (χ2v) is 8.00. The third-order valence-electron chi connectivity index (χ3n) is 6.06. The van der Waals surface area contributed by atoms with Crippen molar-refractivity contribution < 1.29 is 5.11 Å². The lowest BCUT2D eigenvalue weighted by molar-refractivity contribution is -0.0756. The second-order valence-electron chi connectivity index (χ2n) is 8.00. The molecule has 3 heteroatoms. The van der Waals surface area contributed by atoms with Crippen molar-refractivity contribution in [3.8, 4) is 0 Å². The molecular formula is C17H26N2O. The highest BCUT2D eigenvalue weighted by Crippen LogP contribution is 2.61. The summed E-state index contributed by atoms with van der Waals surface area (Å²) in [6.07, 6.45) is 14.2. The summed E-state index contributed by atoms with van der Waals surface area (Å²) in [7, 11) is 1.94. The minimum absolute atomic E-state index is 0.185. The molecular weight excluding hydrogens is 248 g/mol. The Morgan fingerprint density at radius 2 is 1.85 bits per heavy atom. The van der Waals surface area contributed by atoms with Gasteiger partial charge in [0.15, 0.2) is 0 Å². The van der Waals surface area contributed by atoms with Crippen LogP contribution in [0, 0.1) is 23.2 Å². The Labute approximate surface area is 121 Å². The highest BCUT2D eigenvalue weighted by molar-refractivity contribution is 5.07. The fourth-order valence-electron chi connectivity index (χ4n) is 5.96. The van der Waals surface area contributed by atoms with Crippen molar-refractivity contribution in [1.29, 1.82) is 0 Å². The Morgan fingerprint density at radius 3 is 2.35 bits per heavy atom. The van der Waals surface area contributed by atoms with Gasteiger partial charge >= 0.3 is 0 Å². The normalized spacial score (nSPS) is 40.2. The lowest BCUT2D eigenvalue weighted by Gasteiger charge is -2.57. The molecule has 4 saturated carbocycles. The summed E-state index contributed by atoms with van der Waals surface area (Å²) in [5, 5.41) is 14.7. The van der Waals surface area contributed by atoms with Gasteiger partial charge in [-0.05, 0) is 73.7 Å². The van der Waals surface area contributed by atoms with Crippen LogP contribution in [-0.4, -0.2) is 21.0 Å². The molecule has 1 unspecified atom stereocenters. The van der Waals surface area contributed by atoms with Crippen LogP contribution in [0.2, 0.25) is 0 Å². The molecule has 20 heavy (non-hydrogen) atoms. The van der Waals surface area contributed by atoms with E-state index < -0.39 is 0 Å². The molecule has 4 aliphatic carbocycles. The minimum Gasteiger partial charge on any atom is -0.393 e. The van der Waals surface area contributed by atoms with E-state index in [9.17, 15) is 5.11 Å². The summed E-state index contributed by atoms with van der Waals surface area (Å²) in [5.41, 5.74) is 1.65. The van der Waals surface area contributed by atoms with E-state index in [1.165, 1.54) is 44.1 Å². The van der Waals surface area contributed by atoms with Gasteiger partial charge < -0.3 is 5.11 Å². The van der Waals surface area contributed by atoms with Crippen LogP contribution < -0.4 is 0 Å². The zero-order chi connectivity index (χ0) is 13.7. The summed E-state index contributed by atoms with van der Waals surface area (Å²) in [5.74, 6) is 2.94. The quantitative estimate of drug-likeness (QED) is 0.916. The monoisotopic (exact) mass is 274 g/mol. The maximum atomic E-state index is 10.5. The summed E-state index contributed by atoms with van der Waals surface area (Å²) in [6, 6.07) is 0. The second kappa shape index (κ2) is 4.59. The van der Waals surface area contributed by atoms with Crippen LogP contribution in [0.4, 0.5) is 0 Å². The molecule has 0 spiro atoms. The van der Waals surface area contributed by atoms with Crippen molar-refractivity contribution in [3.05, 3.63) is 18.0 Å². The van der Waals surface area contributed by atoms with E-state index in [0.717, 1.165) is 30.6 Å². The van der Waals surface area contributed by atoms with Crippen LogP contribution in [0.3, 0.4) is 0 Å². The molecule has 110 valence electrons. The third-order valence-corrected chi connectivity index (χ3v) is 6.06. The molecule has 0 aromatic carbocycles. The first-order valence-electron chi connectivity index (χ1n) is 8.26. The van der Waals surface area contributed by atoms with Crippen LogP contribution in [0.15, 0.2) is 12.4 Å². The predicted octanol–water partition coefficient (Wildman–Crippen LogP) is 2.93. The topological polar surface area (TPSA) is 38.0 Å². The molecule has 3 nitrogen and oxygen atoms in total. The first-order valence-corrected chi connectivity index (χ1v) is 8.26. The number of rotatable bonds is 4. The molecule has 5 rings (SSSR count). The number of aryl methyl sites for hydroxylation is 1. The van der Waals surface area contributed by atoms with Crippen molar-refractivity contribution in [3.63, 3.8) is 0 Å². The largest absolute Gasteiger partial charge is 0.393 e. The van der Waals surface area contributed by atoms with Crippen LogP contribution >= 0.6 is 0 Å². The van der Waals surface area contributed by atoms with E-state index in [2.05, 4.69) is 5.10 Å². The molecule has 1 aromatic heterocycles. The first kappa shape index (κ1) is 12.9. The number of nitrogens with zero attached hydrogens (tertiary/aromatic N) is 2. The van der Waals surface area contributed by atoms with Gasteiger partial charge in [0.25, 0.3) is 0 Å². The van der Waals surface area contributed by atoms with Crippen LogP contribution in [0.5, 0.6) is 0 Å². The summed E-state index contributed by atoms with van der Waals surface area (Å²) < 4.78 is 1.83. The molecule has 0 aliphatic heterocycles. The first-order chi connectivity index (χ1) is 9.60. The van der Waals surface area contributed by atoms with Crippen molar-refractivity contribution >= 4 is 0 Å². The Bertz CT molecular complexity index is 458. The van der Waals surface area contributed by atoms with E-state index in [4.69, 9.17) is 0 Å². The molecule has 4 fully saturated rings. The fraction of sp³-hybridized carbons (Fsp3) is 0.824. The van der Waals surface area contributed by atoms with Crippen LogP contribution in [0.1, 0.15) is 50.5 Å². The molecule has 0 saturated heterocycles. The molecule has 1 N–H and O–H groups in total. The smallest absolute Gasteiger partial charge is 0.0587 e. The van der Waals surface area contributed by atoms with E-state index >= 15 is 0 Å². The lowest BCUT2D eigenvalue weighted by Crippen LogP contribution is -2.47. The average Bonchev–Trinajstić information content (AvgIpc) is 2.71. The maximum Gasteiger partial charge on any atom is 0.0587 e. The average molecular weight is 274 g/mol. The van der Waals surface area contributed by atoms with Gasteiger partial charge in [-0.3, -0.25) is 4.68 Å². The standard InChI is InChI=1S/C17H26N2O/c1-19-11-15(10-18-19)5-16(20)9-17-6-12-2-13(7-17)4-14(3-12)8-17/h10-14,16,20H,2-9H2,1H3. The fourth-order valence-corrected chi connectivity index (χ4v) is 5.96. The molecule has 0 radical (unpaired) electrons. The van der Waals surface area contributed by atoms with Gasteiger partial charge in [-0.1, -0.05) is 0 Å². The van der Waals surface area contributed by atoms with Gasteiger partial charge in [-0.2, -0.15) is 5.10 Å². The molecule has 4 bridgehead atoms. The van der Waals surface area contributed by atoms with Crippen molar-refractivity contribution in [2.75, 3.05) is 0 Å². The maximum absolute atomic E-state index is 10.5. The van der Waals surface area contributed by atoms with Gasteiger partial charge in [0, 0.05) is 19.7 Å². The number of aliphatic hydroxyl groups is 1. The van der Waals surface area contributed by atoms with E-state index in [-0.39, 0.29) is 6.10 Å². The summed E-state index contributed by atoms with van der Waals surface area (Å²) in [6.45, 7) is 0. The number of hydrogen-bond donors (Lipinski definition) is 1. The van der Waals surface area contributed by atoms with Gasteiger partial charge in [0.05, 0.1) is 12.3 Å². The van der Waals surface area contributed by atoms with E-state index in [1.54, 1.807) is 0 Å². The van der Waals surface area contributed by atoms with Crippen LogP contribution in [-0.2, 0) is 13.5 Å². The molecule has 1 aromatic rings. The van der Waals surface area contributed by atoms with Crippen molar-refractivity contribution in [2.45, 2.75) is 57.5 Å². The number of aliphatic hydroxyl groups excluding tert-OH is 1. The third kappa shape index (κ3) is 2.30. The Morgan fingerprint density at radius 1 is 1.25 bits per heavy atom. The summed E-state index contributed by atoms with van der Waals surface area (Å²) in [4.78, 5) is 0. The van der Waals surface area contributed by atoms with Crippen molar-refractivity contribution in [1.82, 2.24) is 9.78 Å². The molecule has 1 heterocycles. The zero-order valence-electron chi connectivity index (χ0n) is 12.5. The van der Waals surface area contributed by atoms with E-state index in [1.807, 2.05) is 24.1 Å². The minimum atomic E-state index is -0.185. The van der Waals surface area contributed by atoms with E-state index in [0.29, 0.717) is 5.41 Å². The Hall–Kier alpha value is -0.830. The highest BCUT2D eigenvalue weighted by atomic mass is 16.3. The highest BCUT2D eigenvalue weighted by Gasteiger charge is 2.51. The Kier molecular flexibility index (Phi) is 2.95.